The van der Waals surface area contributed by atoms with Crippen LogP contribution < -0.4 is 26.8 Å². The Morgan fingerprint density at radius 1 is 1.28 bits per heavy atom. The van der Waals surface area contributed by atoms with Crippen molar-refractivity contribution in [2.75, 3.05) is 29.2 Å². The van der Waals surface area contributed by atoms with Gasteiger partial charge in [-0.2, -0.15) is 9.97 Å². The maximum Gasteiger partial charge on any atom is 0.368 e. The fourth-order valence-electron chi connectivity index (χ4n) is 2.55. The van der Waals surface area contributed by atoms with Crippen LogP contribution in [0.4, 0.5) is 17.6 Å². The van der Waals surface area contributed by atoms with E-state index < -0.39 is 6.10 Å². The van der Waals surface area contributed by atoms with Gasteiger partial charge in [0.2, 0.25) is 5.95 Å². The second-order valence-corrected chi connectivity index (χ2v) is 5.75. The molecule has 1 unspecified atom stereocenters. The van der Waals surface area contributed by atoms with Crippen LogP contribution in [0.1, 0.15) is 17.2 Å². The average Bonchev–Trinajstić information content (AvgIpc) is 2.94. The summed E-state index contributed by atoms with van der Waals surface area (Å²) in [7, 11) is 1.77. The summed E-state index contributed by atoms with van der Waals surface area (Å²) >= 11 is 0. The van der Waals surface area contributed by atoms with E-state index >= 15 is 0 Å². The van der Waals surface area contributed by atoms with Crippen molar-refractivity contribution in [2.45, 2.75) is 18.7 Å². The fourth-order valence-corrected chi connectivity index (χ4v) is 2.55. The molecule has 1 aromatic carbocycles. The van der Waals surface area contributed by atoms with Crippen LogP contribution in [0.25, 0.3) is 0 Å². The molecule has 25 heavy (non-hydrogen) atoms. The Bertz CT molecular complexity index is 736. The van der Waals surface area contributed by atoms with Gasteiger partial charge in [0.15, 0.2) is 5.82 Å². The monoisotopic (exact) mass is 347 g/mol. The van der Waals surface area contributed by atoms with Gasteiger partial charge in [0.25, 0.3) is 0 Å². The summed E-state index contributed by atoms with van der Waals surface area (Å²) < 4.78 is 0. The summed E-state index contributed by atoms with van der Waals surface area (Å²) in [6.45, 7) is 0.760. The molecule has 1 aliphatic heterocycles. The average molecular weight is 347 g/mol. The molecule has 0 bridgehead atoms. The fraction of sp³-hybridized carbons (Fsp3) is 0.333. The van der Waals surface area contributed by atoms with Gasteiger partial charge in [-0.05, 0) is 5.56 Å². The Kier molecular flexibility index (Phi) is 4.70. The lowest BCUT2D eigenvalue weighted by atomic mass is 10.1. The number of benzene rings is 1. The number of fused-ring (bicyclic) bond motifs is 1. The van der Waals surface area contributed by atoms with Gasteiger partial charge in [-0.1, -0.05) is 30.3 Å². The van der Waals surface area contributed by atoms with Crippen LogP contribution in [-0.2, 0) is 6.54 Å². The van der Waals surface area contributed by atoms with Gasteiger partial charge >= 0.3 is 6.10 Å². The van der Waals surface area contributed by atoms with Crippen LogP contribution in [0.2, 0.25) is 0 Å². The van der Waals surface area contributed by atoms with E-state index in [9.17, 15) is 15.3 Å². The Morgan fingerprint density at radius 2 is 2.00 bits per heavy atom. The summed E-state index contributed by atoms with van der Waals surface area (Å²) in [5.74, 6) is 0.898. The molecule has 0 radical (unpaired) electrons. The predicted octanol–water partition coefficient (Wildman–Crippen LogP) is -0.957. The largest absolute Gasteiger partial charge is 0.368 e. The van der Waals surface area contributed by atoms with Crippen LogP contribution in [0.15, 0.2) is 30.3 Å². The number of hydrogen-bond donors (Lipinski definition) is 7. The summed E-state index contributed by atoms with van der Waals surface area (Å²) in [6.07, 6.45) is -3.08. The van der Waals surface area contributed by atoms with Crippen LogP contribution in [0, 0.1) is 0 Å². The van der Waals surface area contributed by atoms with Crippen molar-refractivity contribution in [1.29, 1.82) is 0 Å². The second kappa shape index (κ2) is 6.78. The molecular formula is C15H21N7O3. The zero-order valence-electron chi connectivity index (χ0n) is 13.6. The third-order valence-corrected chi connectivity index (χ3v) is 3.79. The molecule has 0 saturated carbocycles. The number of aliphatic hydroxyl groups is 3. The molecule has 1 atom stereocenters. The number of nitrogens with one attached hydrogen (secondary N) is 3. The first-order valence-electron chi connectivity index (χ1n) is 7.71. The lowest BCUT2D eigenvalue weighted by Gasteiger charge is -2.20. The van der Waals surface area contributed by atoms with E-state index in [4.69, 9.17) is 5.73 Å². The number of rotatable bonds is 6. The highest BCUT2D eigenvalue weighted by molar-refractivity contribution is 5.64. The first-order valence-corrected chi connectivity index (χ1v) is 7.71. The topological polar surface area (TPSA) is 152 Å². The molecule has 0 fully saturated rings. The minimum atomic E-state index is -3.08. The third kappa shape index (κ3) is 4.13. The van der Waals surface area contributed by atoms with E-state index in [1.165, 1.54) is 0 Å². The SMILES string of the molecule is CN1NCc2c(NC(O)(O)O)nc(NCC(N)c3ccccc3)nc21. The van der Waals surface area contributed by atoms with Crippen LogP contribution in [-0.4, -0.2) is 45.0 Å². The molecule has 1 aliphatic rings. The summed E-state index contributed by atoms with van der Waals surface area (Å²) in [5.41, 5.74) is 10.7. The number of hydrazine groups is 1. The molecule has 2 heterocycles. The van der Waals surface area contributed by atoms with Crippen molar-refractivity contribution < 1.29 is 15.3 Å². The van der Waals surface area contributed by atoms with Crippen molar-refractivity contribution in [3.05, 3.63) is 41.5 Å². The zero-order valence-corrected chi connectivity index (χ0v) is 13.6. The predicted molar refractivity (Wildman–Crippen MR) is 92.1 cm³/mol. The first-order chi connectivity index (χ1) is 11.8. The van der Waals surface area contributed by atoms with Gasteiger partial charge in [0, 0.05) is 26.2 Å². The highest BCUT2D eigenvalue weighted by Crippen LogP contribution is 2.29. The lowest BCUT2D eigenvalue weighted by Crippen LogP contribution is -2.38. The molecule has 1 aromatic heterocycles. The van der Waals surface area contributed by atoms with E-state index in [2.05, 4.69) is 26.0 Å². The van der Waals surface area contributed by atoms with E-state index in [0.29, 0.717) is 24.5 Å². The first kappa shape index (κ1) is 17.3. The van der Waals surface area contributed by atoms with Gasteiger partial charge < -0.3 is 26.4 Å². The van der Waals surface area contributed by atoms with Crippen molar-refractivity contribution >= 4 is 17.6 Å². The third-order valence-electron chi connectivity index (χ3n) is 3.79. The Hall–Kier alpha value is -2.50. The Morgan fingerprint density at radius 3 is 2.68 bits per heavy atom. The van der Waals surface area contributed by atoms with E-state index in [1.807, 2.05) is 30.3 Å². The Balaban J connectivity index is 1.79. The molecule has 0 spiro atoms. The number of aromatic nitrogens is 2. The molecule has 10 nitrogen and oxygen atoms in total. The summed E-state index contributed by atoms with van der Waals surface area (Å²) in [4.78, 5) is 8.59. The Labute approximate surface area is 144 Å². The van der Waals surface area contributed by atoms with Crippen LogP contribution >= 0.6 is 0 Å². The van der Waals surface area contributed by atoms with E-state index in [0.717, 1.165) is 5.56 Å². The highest BCUT2D eigenvalue weighted by Gasteiger charge is 2.28. The number of anilines is 3. The van der Waals surface area contributed by atoms with E-state index in [-0.39, 0.29) is 17.8 Å². The molecule has 0 saturated heterocycles. The smallest absolute Gasteiger partial charge is 0.352 e. The number of nitrogens with zero attached hydrogens (tertiary/aromatic N) is 3. The summed E-state index contributed by atoms with van der Waals surface area (Å²) in [6, 6.07) is 9.33. The van der Waals surface area contributed by atoms with E-state index in [1.54, 1.807) is 12.1 Å². The molecule has 2 aromatic rings. The minimum absolute atomic E-state index is 0.102. The summed E-state index contributed by atoms with van der Waals surface area (Å²) in [5, 5.41) is 34.4. The van der Waals surface area contributed by atoms with Gasteiger partial charge in [-0.25, -0.2) is 5.43 Å². The zero-order chi connectivity index (χ0) is 18.0. The molecule has 3 rings (SSSR count). The standard InChI is InChI=1S/C15H21N7O3/c1-22-13-10(7-18-22)12(21-15(23,24)25)19-14(20-13)17-8-11(16)9-5-3-2-4-6-9/h2-6,11,18,23-25H,7-8,16H2,1H3,(H2,17,19,20,21). The van der Waals surface area contributed by atoms with Gasteiger partial charge in [0.1, 0.15) is 5.82 Å². The van der Waals surface area contributed by atoms with Crippen LogP contribution in [0.3, 0.4) is 0 Å². The van der Waals surface area contributed by atoms with Gasteiger partial charge in [-0.3, -0.25) is 10.3 Å². The van der Waals surface area contributed by atoms with Gasteiger partial charge in [0.05, 0.1) is 5.56 Å². The lowest BCUT2D eigenvalue weighted by molar-refractivity contribution is -0.289. The molecule has 10 heteroatoms. The number of nitrogens with two attached hydrogens (primary N) is 1. The van der Waals surface area contributed by atoms with Crippen molar-refractivity contribution in [3.63, 3.8) is 0 Å². The highest BCUT2D eigenvalue weighted by atomic mass is 16.7. The molecule has 134 valence electrons. The molecular weight excluding hydrogens is 326 g/mol. The van der Waals surface area contributed by atoms with Gasteiger partial charge in [-0.15, -0.1) is 0 Å². The van der Waals surface area contributed by atoms with Crippen LogP contribution in [0.5, 0.6) is 0 Å². The van der Waals surface area contributed by atoms with Crippen molar-refractivity contribution in [3.8, 4) is 0 Å². The molecule has 0 aliphatic carbocycles. The quantitative estimate of drug-likeness (QED) is 0.325. The number of hydrogen-bond acceptors (Lipinski definition) is 10. The maximum atomic E-state index is 9.19. The normalized spacial score (nSPS) is 15.0. The van der Waals surface area contributed by atoms with Crippen molar-refractivity contribution in [2.24, 2.45) is 5.73 Å². The minimum Gasteiger partial charge on any atom is -0.352 e. The molecule has 0 amide bonds. The van der Waals surface area contributed by atoms with Crippen molar-refractivity contribution in [1.82, 2.24) is 15.4 Å². The second-order valence-electron chi connectivity index (χ2n) is 5.75. The molecule has 8 N–H and O–H groups in total. The maximum absolute atomic E-state index is 9.19.